The predicted molar refractivity (Wildman–Crippen MR) is 97.0 cm³/mol. The zero-order valence-electron chi connectivity index (χ0n) is 15.0. The van der Waals surface area contributed by atoms with Gasteiger partial charge in [0.05, 0.1) is 7.11 Å². The van der Waals surface area contributed by atoms with Crippen molar-refractivity contribution >= 4 is 11.9 Å². The number of benzene rings is 1. The zero-order chi connectivity index (χ0) is 17.9. The van der Waals surface area contributed by atoms with Crippen LogP contribution in [0.2, 0.25) is 0 Å². The van der Waals surface area contributed by atoms with Crippen LogP contribution in [0.5, 0.6) is 5.75 Å². The Morgan fingerprint density at radius 3 is 2.58 bits per heavy atom. The number of nitrogens with one attached hydrogen (secondary N) is 1. The number of carbonyl (C=O) groups excluding carboxylic acids is 1. The van der Waals surface area contributed by atoms with Crippen LogP contribution in [0.1, 0.15) is 25.7 Å². The van der Waals surface area contributed by atoms with E-state index in [9.17, 15) is 4.79 Å². The van der Waals surface area contributed by atoms with E-state index in [1.54, 1.807) is 7.11 Å². The second-order valence-corrected chi connectivity index (χ2v) is 7.07. The fraction of sp³-hybridized carbons (Fsp3) is 0.526. The Balaban J connectivity index is 1.32. The topological polar surface area (TPSA) is 80.5 Å². The molecule has 0 radical (unpaired) electrons. The van der Waals surface area contributed by atoms with E-state index in [1.807, 2.05) is 24.3 Å². The van der Waals surface area contributed by atoms with Gasteiger partial charge in [-0.15, -0.1) is 5.10 Å². The Morgan fingerprint density at radius 2 is 1.92 bits per heavy atom. The van der Waals surface area contributed by atoms with Gasteiger partial charge in [0.1, 0.15) is 5.75 Å². The molecule has 1 aliphatic heterocycles. The number of carbonyl (C=O) groups is 1. The van der Waals surface area contributed by atoms with E-state index in [1.165, 1.54) is 12.8 Å². The van der Waals surface area contributed by atoms with Crippen molar-refractivity contribution < 1.29 is 13.9 Å². The van der Waals surface area contributed by atoms with Gasteiger partial charge in [-0.1, -0.05) is 5.10 Å². The fourth-order valence-electron chi connectivity index (χ4n) is 3.24. The molecule has 1 saturated heterocycles. The second-order valence-electron chi connectivity index (χ2n) is 7.07. The van der Waals surface area contributed by atoms with Crippen LogP contribution < -0.4 is 15.0 Å². The van der Waals surface area contributed by atoms with Gasteiger partial charge in [0, 0.05) is 31.1 Å². The maximum Gasteiger partial charge on any atom is 0.318 e. The highest BCUT2D eigenvalue weighted by Crippen LogP contribution is 2.29. The molecular formula is C19H24N4O3. The molecule has 1 amide bonds. The highest BCUT2D eigenvalue weighted by Gasteiger charge is 2.29. The van der Waals surface area contributed by atoms with Crippen LogP contribution in [-0.4, -0.2) is 42.8 Å². The molecule has 1 saturated carbocycles. The molecule has 2 heterocycles. The van der Waals surface area contributed by atoms with Crippen molar-refractivity contribution in [3.63, 3.8) is 0 Å². The average Bonchev–Trinajstić information content (AvgIpc) is 3.40. The quantitative estimate of drug-likeness (QED) is 0.856. The number of rotatable bonds is 6. The van der Waals surface area contributed by atoms with Crippen LogP contribution in [0.25, 0.3) is 11.5 Å². The normalized spacial score (nSPS) is 18.0. The van der Waals surface area contributed by atoms with Crippen LogP contribution in [-0.2, 0) is 4.79 Å². The molecule has 0 spiro atoms. The van der Waals surface area contributed by atoms with Gasteiger partial charge in [0.25, 0.3) is 0 Å². The number of hydrogen-bond acceptors (Lipinski definition) is 6. The van der Waals surface area contributed by atoms with Crippen molar-refractivity contribution in [3.8, 4) is 17.2 Å². The first-order chi connectivity index (χ1) is 12.7. The van der Waals surface area contributed by atoms with E-state index in [2.05, 4.69) is 20.4 Å². The number of nitrogens with zero attached hydrogens (tertiary/aromatic N) is 3. The van der Waals surface area contributed by atoms with Crippen LogP contribution in [0.15, 0.2) is 28.7 Å². The molecule has 1 aromatic heterocycles. The molecule has 0 atom stereocenters. The van der Waals surface area contributed by atoms with Crippen LogP contribution >= 0.6 is 0 Å². The summed E-state index contributed by atoms with van der Waals surface area (Å²) >= 11 is 0. The minimum absolute atomic E-state index is 0.0916. The predicted octanol–water partition coefficient (Wildman–Crippen LogP) is 2.49. The number of piperidine rings is 1. The van der Waals surface area contributed by atoms with Gasteiger partial charge in [-0.3, -0.25) is 4.79 Å². The lowest BCUT2D eigenvalue weighted by Crippen LogP contribution is -2.41. The van der Waals surface area contributed by atoms with Crippen LogP contribution in [0, 0.1) is 11.8 Å². The summed E-state index contributed by atoms with van der Waals surface area (Å²) in [6, 6.07) is 8.04. The van der Waals surface area contributed by atoms with E-state index in [-0.39, 0.29) is 11.8 Å². The molecule has 1 N–H and O–H groups in total. The van der Waals surface area contributed by atoms with Gasteiger partial charge in [-0.2, -0.15) is 0 Å². The first-order valence-electron chi connectivity index (χ1n) is 9.23. The molecule has 7 nitrogen and oxygen atoms in total. The van der Waals surface area contributed by atoms with E-state index in [0.29, 0.717) is 17.8 Å². The molecule has 0 unspecified atom stereocenters. The molecule has 0 bridgehead atoms. The van der Waals surface area contributed by atoms with E-state index in [4.69, 9.17) is 9.15 Å². The van der Waals surface area contributed by atoms with Gasteiger partial charge in [-0.25, -0.2) is 0 Å². The van der Waals surface area contributed by atoms with Gasteiger partial charge in [0.15, 0.2) is 0 Å². The Kier molecular flexibility index (Phi) is 4.77. The maximum atomic E-state index is 12.2. The third kappa shape index (κ3) is 3.81. The van der Waals surface area contributed by atoms with Crippen molar-refractivity contribution in [2.45, 2.75) is 25.7 Å². The maximum absolute atomic E-state index is 12.2. The van der Waals surface area contributed by atoms with Crippen LogP contribution in [0.4, 0.5) is 6.01 Å². The van der Waals surface area contributed by atoms with Gasteiger partial charge < -0.3 is 19.4 Å². The molecule has 1 aliphatic carbocycles. The number of anilines is 1. The Hall–Kier alpha value is -2.57. The average molecular weight is 356 g/mol. The molecule has 7 heteroatoms. The van der Waals surface area contributed by atoms with Crippen molar-refractivity contribution in [2.24, 2.45) is 11.8 Å². The molecule has 1 aromatic carbocycles. The molecule has 26 heavy (non-hydrogen) atoms. The summed E-state index contributed by atoms with van der Waals surface area (Å²) in [5.41, 5.74) is 0.860. The third-order valence-corrected chi connectivity index (χ3v) is 5.15. The van der Waals surface area contributed by atoms with Gasteiger partial charge in [0.2, 0.25) is 11.8 Å². The number of amides is 1. The van der Waals surface area contributed by atoms with Gasteiger partial charge >= 0.3 is 6.01 Å². The lowest BCUT2D eigenvalue weighted by molar-refractivity contribution is -0.125. The van der Waals surface area contributed by atoms with E-state index < -0.39 is 0 Å². The first-order valence-corrected chi connectivity index (χ1v) is 9.23. The number of hydrogen-bond donors (Lipinski definition) is 1. The fourth-order valence-corrected chi connectivity index (χ4v) is 3.24. The Labute approximate surface area is 152 Å². The van der Waals surface area contributed by atoms with Crippen molar-refractivity contribution in [3.05, 3.63) is 24.3 Å². The summed E-state index contributed by atoms with van der Waals surface area (Å²) in [6.07, 6.45) is 4.15. The lowest BCUT2D eigenvalue weighted by Gasteiger charge is -2.29. The highest BCUT2D eigenvalue weighted by molar-refractivity contribution is 5.79. The minimum atomic E-state index is 0.0916. The number of ether oxygens (including phenoxy) is 1. The van der Waals surface area contributed by atoms with E-state index in [0.717, 1.165) is 43.8 Å². The summed E-state index contributed by atoms with van der Waals surface area (Å²) in [6.45, 7) is 2.35. The Bertz CT molecular complexity index is 746. The lowest BCUT2D eigenvalue weighted by atomic mass is 9.96. The first kappa shape index (κ1) is 16.9. The van der Waals surface area contributed by atoms with Gasteiger partial charge in [-0.05, 0) is 55.9 Å². The zero-order valence-corrected chi connectivity index (χ0v) is 15.0. The van der Waals surface area contributed by atoms with Crippen molar-refractivity contribution in [1.29, 1.82) is 0 Å². The minimum Gasteiger partial charge on any atom is -0.497 e. The largest absolute Gasteiger partial charge is 0.497 e. The van der Waals surface area contributed by atoms with Crippen molar-refractivity contribution in [2.75, 3.05) is 31.6 Å². The summed E-state index contributed by atoms with van der Waals surface area (Å²) in [5, 5.41) is 11.4. The summed E-state index contributed by atoms with van der Waals surface area (Å²) in [5.74, 6) is 2.28. The number of methoxy groups -OCH3 is 1. The second kappa shape index (κ2) is 7.35. The standard InChI is InChI=1S/C19H24N4O3/c1-25-16-6-4-15(5-7-16)18-21-22-19(26-18)23-10-8-14(9-11-23)17(24)20-12-13-2-3-13/h4-7,13-14H,2-3,8-12H2,1H3,(H,20,24). The smallest absolute Gasteiger partial charge is 0.318 e. The molecule has 138 valence electrons. The Morgan fingerprint density at radius 1 is 1.19 bits per heavy atom. The SMILES string of the molecule is COc1ccc(-c2nnc(N3CCC(C(=O)NCC4CC4)CC3)o2)cc1. The molecule has 2 aromatic rings. The van der Waals surface area contributed by atoms with Crippen LogP contribution in [0.3, 0.4) is 0 Å². The summed E-state index contributed by atoms with van der Waals surface area (Å²) < 4.78 is 11.0. The number of aromatic nitrogens is 2. The van der Waals surface area contributed by atoms with Crippen molar-refractivity contribution in [1.82, 2.24) is 15.5 Å². The monoisotopic (exact) mass is 356 g/mol. The molecule has 2 fully saturated rings. The molecule has 4 rings (SSSR count). The third-order valence-electron chi connectivity index (χ3n) is 5.15. The molecular weight excluding hydrogens is 332 g/mol. The van der Waals surface area contributed by atoms with E-state index >= 15 is 0 Å². The summed E-state index contributed by atoms with van der Waals surface area (Å²) in [4.78, 5) is 14.3. The highest BCUT2D eigenvalue weighted by atomic mass is 16.5. The molecule has 2 aliphatic rings. The summed E-state index contributed by atoms with van der Waals surface area (Å²) in [7, 11) is 1.63.